The van der Waals surface area contributed by atoms with Crippen molar-refractivity contribution in [3.05, 3.63) is 66.3 Å². The summed E-state index contributed by atoms with van der Waals surface area (Å²) >= 11 is 0. The molecule has 0 saturated carbocycles. The number of hydrazine groups is 1. The lowest BCUT2D eigenvalue weighted by Crippen LogP contribution is -2.43. The fourth-order valence-corrected chi connectivity index (χ4v) is 2.77. The molecule has 0 saturated heterocycles. The van der Waals surface area contributed by atoms with Gasteiger partial charge in [0.1, 0.15) is 5.75 Å². The average Bonchev–Trinajstić information content (AvgIpc) is 3.25. The third-order valence-electron chi connectivity index (χ3n) is 4.29. The molecule has 8 heteroatoms. The van der Waals surface area contributed by atoms with Gasteiger partial charge in [0.2, 0.25) is 11.8 Å². The Morgan fingerprint density at radius 3 is 2.50 bits per heavy atom. The van der Waals surface area contributed by atoms with Gasteiger partial charge in [-0.05, 0) is 18.1 Å². The van der Waals surface area contributed by atoms with Gasteiger partial charge in [0.15, 0.2) is 12.4 Å². The normalized spacial score (nSPS) is 10.4. The highest BCUT2D eigenvalue weighted by Crippen LogP contribution is 2.29. The van der Waals surface area contributed by atoms with Crippen LogP contribution in [0.4, 0.5) is 0 Å². The number of aromatic nitrogens is 2. The van der Waals surface area contributed by atoms with Gasteiger partial charge in [-0.1, -0.05) is 60.6 Å². The summed E-state index contributed by atoms with van der Waals surface area (Å²) in [6.07, 6.45) is 1.97. The van der Waals surface area contributed by atoms with Crippen LogP contribution in [0.3, 0.4) is 0 Å². The van der Waals surface area contributed by atoms with Gasteiger partial charge in [0, 0.05) is 24.8 Å². The van der Waals surface area contributed by atoms with E-state index < -0.39 is 5.91 Å². The zero-order chi connectivity index (χ0) is 21.2. The summed E-state index contributed by atoms with van der Waals surface area (Å²) in [5.74, 6) is 1.000. The predicted molar refractivity (Wildman–Crippen MR) is 110 cm³/mol. The molecule has 1 aromatic heterocycles. The van der Waals surface area contributed by atoms with Crippen LogP contribution in [0.25, 0.3) is 11.1 Å². The molecule has 156 valence electrons. The fraction of sp³-hybridized carbons (Fsp3) is 0.273. The van der Waals surface area contributed by atoms with Crippen molar-refractivity contribution in [3.63, 3.8) is 0 Å². The van der Waals surface area contributed by atoms with E-state index in [2.05, 4.69) is 21.0 Å². The topological polar surface area (TPSA) is 106 Å². The molecule has 3 aromatic rings. The number of benzene rings is 2. The Balaban J connectivity index is 1.39. The van der Waals surface area contributed by atoms with Crippen LogP contribution in [-0.4, -0.2) is 28.6 Å². The second kappa shape index (κ2) is 10.8. The van der Waals surface area contributed by atoms with Crippen molar-refractivity contribution in [1.82, 2.24) is 21.0 Å². The summed E-state index contributed by atoms with van der Waals surface area (Å²) in [5, 5.41) is 3.81. The summed E-state index contributed by atoms with van der Waals surface area (Å²) in [5.41, 5.74) is 6.63. The second-order valence-corrected chi connectivity index (χ2v) is 6.56. The highest BCUT2D eigenvalue weighted by Gasteiger charge is 2.10. The lowest BCUT2D eigenvalue weighted by Gasteiger charge is -2.12. The number of aryl methyl sites for hydroxylation is 2. The Labute approximate surface area is 174 Å². The Morgan fingerprint density at radius 2 is 1.73 bits per heavy atom. The molecule has 0 aliphatic rings. The van der Waals surface area contributed by atoms with E-state index in [0.29, 0.717) is 36.7 Å². The predicted octanol–water partition coefficient (Wildman–Crippen LogP) is 2.85. The highest BCUT2D eigenvalue weighted by molar-refractivity contribution is 5.83. The first-order chi connectivity index (χ1) is 14.7. The maximum Gasteiger partial charge on any atom is 0.276 e. The SMILES string of the molecule is CCc1noc(CCCC(=O)NNC(=O)COc2ccccc2-c2ccccc2)n1. The summed E-state index contributed by atoms with van der Waals surface area (Å²) in [6.45, 7) is 1.72. The molecule has 2 amide bonds. The number of nitrogens with one attached hydrogen (secondary N) is 2. The van der Waals surface area contributed by atoms with Gasteiger partial charge in [0.25, 0.3) is 5.91 Å². The van der Waals surface area contributed by atoms with Crippen molar-refractivity contribution in [2.75, 3.05) is 6.61 Å². The van der Waals surface area contributed by atoms with Crippen molar-refractivity contribution in [2.45, 2.75) is 32.6 Å². The van der Waals surface area contributed by atoms with Gasteiger partial charge >= 0.3 is 0 Å². The molecular weight excluding hydrogens is 384 g/mol. The molecular formula is C22H24N4O4. The molecule has 0 aliphatic heterocycles. The third kappa shape index (κ3) is 6.16. The van der Waals surface area contributed by atoms with Crippen LogP contribution < -0.4 is 15.6 Å². The molecule has 1 heterocycles. The molecule has 0 spiro atoms. The van der Waals surface area contributed by atoms with Crippen molar-refractivity contribution in [3.8, 4) is 16.9 Å². The number of ether oxygens (including phenoxy) is 1. The number of carbonyl (C=O) groups is 2. The van der Waals surface area contributed by atoms with E-state index in [4.69, 9.17) is 9.26 Å². The molecule has 0 bridgehead atoms. The van der Waals surface area contributed by atoms with Crippen molar-refractivity contribution >= 4 is 11.8 Å². The van der Waals surface area contributed by atoms with Crippen LogP contribution in [-0.2, 0) is 22.4 Å². The van der Waals surface area contributed by atoms with E-state index in [1.165, 1.54) is 0 Å². The average molecular weight is 408 g/mol. The molecule has 8 nitrogen and oxygen atoms in total. The molecule has 0 radical (unpaired) electrons. The minimum Gasteiger partial charge on any atom is -0.483 e. The van der Waals surface area contributed by atoms with E-state index in [1.807, 2.05) is 55.5 Å². The van der Waals surface area contributed by atoms with Crippen LogP contribution in [0.15, 0.2) is 59.1 Å². The van der Waals surface area contributed by atoms with Gasteiger partial charge in [-0.25, -0.2) is 0 Å². The molecule has 2 aromatic carbocycles. The Hall–Kier alpha value is -3.68. The first-order valence-corrected chi connectivity index (χ1v) is 9.82. The zero-order valence-electron chi connectivity index (χ0n) is 16.8. The van der Waals surface area contributed by atoms with E-state index in [1.54, 1.807) is 6.07 Å². The van der Waals surface area contributed by atoms with E-state index in [9.17, 15) is 9.59 Å². The smallest absolute Gasteiger partial charge is 0.276 e. The number of carbonyl (C=O) groups excluding carboxylic acids is 2. The maximum atomic E-state index is 12.0. The largest absolute Gasteiger partial charge is 0.483 e. The Morgan fingerprint density at radius 1 is 1.00 bits per heavy atom. The number of para-hydroxylation sites is 1. The van der Waals surface area contributed by atoms with Crippen molar-refractivity contribution in [1.29, 1.82) is 0 Å². The minimum absolute atomic E-state index is 0.216. The molecule has 0 unspecified atom stereocenters. The molecule has 0 fully saturated rings. The number of hydrogen-bond acceptors (Lipinski definition) is 6. The van der Waals surface area contributed by atoms with Gasteiger partial charge in [-0.15, -0.1) is 0 Å². The summed E-state index contributed by atoms with van der Waals surface area (Å²) in [7, 11) is 0. The molecule has 0 aliphatic carbocycles. The van der Waals surface area contributed by atoms with Gasteiger partial charge in [-0.2, -0.15) is 4.98 Å². The van der Waals surface area contributed by atoms with Crippen LogP contribution in [0.1, 0.15) is 31.5 Å². The van der Waals surface area contributed by atoms with Crippen molar-refractivity contribution < 1.29 is 18.8 Å². The fourth-order valence-electron chi connectivity index (χ4n) is 2.77. The van der Waals surface area contributed by atoms with Crippen molar-refractivity contribution in [2.24, 2.45) is 0 Å². The van der Waals surface area contributed by atoms with E-state index in [0.717, 1.165) is 11.1 Å². The quantitative estimate of drug-likeness (QED) is 0.528. The monoisotopic (exact) mass is 408 g/mol. The Kier molecular flexibility index (Phi) is 7.54. The van der Waals surface area contributed by atoms with E-state index in [-0.39, 0.29) is 18.9 Å². The summed E-state index contributed by atoms with van der Waals surface area (Å²) in [6, 6.07) is 17.2. The second-order valence-electron chi connectivity index (χ2n) is 6.56. The highest BCUT2D eigenvalue weighted by atomic mass is 16.5. The lowest BCUT2D eigenvalue weighted by atomic mass is 10.1. The maximum absolute atomic E-state index is 12.0. The molecule has 3 rings (SSSR count). The van der Waals surface area contributed by atoms with Crippen LogP contribution in [0.2, 0.25) is 0 Å². The Bertz CT molecular complexity index is 972. The number of hydrogen-bond donors (Lipinski definition) is 2. The van der Waals surface area contributed by atoms with Crippen LogP contribution in [0.5, 0.6) is 5.75 Å². The van der Waals surface area contributed by atoms with Gasteiger partial charge in [-0.3, -0.25) is 20.4 Å². The van der Waals surface area contributed by atoms with Gasteiger partial charge in [0.05, 0.1) is 0 Å². The third-order valence-corrected chi connectivity index (χ3v) is 4.29. The molecule has 0 atom stereocenters. The molecule has 30 heavy (non-hydrogen) atoms. The number of nitrogens with zero attached hydrogens (tertiary/aromatic N) is 2. The standard InChI is InChI=1S/C22H24N4O4/c1-2-19-23-22(30-26-19)14-8-13-20(27)24-25-21(28)15-29-18-12-7-6-11-17(18)16-9-4-3-5-10-16/h3-7,9-12H,2,8,13-15H2,1H3,(H,24,27)(H,25,28). The summed E-state index contributed by atoms with van der Waals surface area (Å²) in [4.78, 5) is 28.1. The minimum atomic E-state index is -0.448. The number of rotatable bonds is 9. The van der Waals surface area contributed by atoms with Crippen LogP contribution in [0, 0.1) is 0 Å². The summed E-state index contributed by atoms with van der Waals surface area (Å²) < 4.78 is 10.7. The molecule has 2 N–H and O–H groups in total. The van der Waals surface area contributed by atoms with Crippen LogP contribution >= 0.6 is 0 Å². The zero-order valence-corrected chi connectivity index (χ0v) is 16.8. The number of amides is 2. The lowest BCUT2D eigenvalue weighted by molar-refractivity contribution is -0.130. The first kappa shape index (κ1) is 21.0. The van der Waals surface area contributed by atoms with E-state index >= 15 is 0 Å². The first-order valence-electron chi connectivity index (χ1n) is 9.82. The van der Waals surface area contributed by atoms with Gasteiger partial charge < -0.3 is 9.26 Å².